The summed E-state index contributed by atoms with van der Waals surface area (Å²) in [5.41, 5.74) is 4.52. The minimum absolute atomic E-state index is 0.00646. The van der Waals surface area contributed by atoms with Gasteiger partial charge in [0, 0.05) is 17.3 Å². The lowest BCUT2D eigenvalue weighted by Gasteiger charge is -2.07. The van der Waals surface area contributed by atoms with Crippen molar-refractivity contribution in [3.63, 3.8) is 0 Å². The molecule has 23 heavy (non-hydrogen) atoms. The molecule has 112 valence electrons. The largest absolute Gasteiger partial charge is 0.478 e. The van der Waals surface area contributed by atoms with E-state index in [1.54, 1.807) is 0 Å². The first-order chi connectivity index (χ1) is 11.1. The standard InChI is InChI=1S/C18H12N2O3/c21-17-9-12-7-10(1-3-15(12)20-17)11-2-4-16-14(8-11)13(18(22)23)5-6-19-16/h1-8H,9H2,(H,20,21)(H,22,23). The van der Waals surface area contributed by atoms with E-state index in [0.29, 0.717) is 17.3 Å². The Labute approximate surface area is 131 Å². The number of fused-ring (bicyclic) bond motifs is 2. The molecule has 4 rings (SSSR count). The van der Waals surface area contributed by atoms with Gasteiger partial charge in [0.05, 0.1) is 17.5 Å². The quantitative estimate of drug-likeness (QED) is 0.762. The van der Waals surface area contributed by atoms with Gasteiger partial charge < -0.3 is 10.4 Å². The van der Waals surface area contributed by atoms with Crippen LogP contribution in [-0.4, -0.2) is 22.0 Å². The van der Waals surface area contributed by atoms with Crippen molar-refractivity contribution in [3.8, 4) is 11.1 Å². The number of anilines is 1. The van der Waals surface area contributed by atoms with Crippen molar-refractivity contribution in [1.29, 1.82) is 0 Å². The summed E-state index contributed by atoms with van der Waals surface area (Å²) >= 11 is 0. The molecule has 5 nitrogen and oxygen atoms in total. The number of rotatable bonds is 2. The van der Waals surface area contributed by atoms with Gasteiger partial charge in [0.2, 0.25) is 5.91 Å². The minimum atomic E-state index is -0.974. The maximum Gasteiger partial charge on any atom is 0.336 e. The van der Waals surface area contributed by atoms with Gasteiger partial charge in [-0.05, 0) is 47.0 Å². The van der Waals surface area contributed by atoms with Crippen LogP contribution < -0.4 is 5.32 Å². The van der Waals surface area contributed by atoms with Gasteiger partial charge in [-0.15, -0.1) is 0 Å². The van der Waals surface area contributed by atoms with Crippen LogP contribution >= 0.6 is 0 Å². The number of carboxylic acids is 1. The molecule has 2 N–H and O–H groups in total. The summed E-state index contributed by atoms with van der Waals surface area (Å²) in [4.78, 5) is 27.0. The van der Waals surface area contributed by atoms with Gasteiger partial charge in [-0.2, -0.15) is 0 Å². The molecule has 1 aliphatic rings. The number of benzene rings is 2. The van der Waals surface area contributed by atoms with Crippen LogP contribution in [0.2, 0.25) is 0 Å². The van der Waals surface area contributed by atoms with Crippen LogP contribution in [0.3, 0.4) is 0 Å². The van der Waals surface area contributed by atoms with Crippen molar-refractivity contribution in [2.24, 2.45) is 0 Å². The van der Waals surface area contributed by atoms with Gasteiger partial charge >= 0.3 is 5.97 Å². The number of amides is 1. The van der Waals surface area contributed by atoms with Crippen molar-refractivity contribution in [2.45, 2.75) is 6.42 Å². The van der Waals surface area contributed by atoms with E-state index in [9.17, 15) is 14.7 Å². The molecule has 0 radical (unpaired) electrons. The van der Waals surface area contributed by atoms with E-state index >= 15 is 0 Å². The summed E-state index contributed by atoms with van der Waals surface area (Å²) in [6, 6.07) is 12.8. The minimum Gasteiger partial charge on any atom is -0.478 e. The molecule has 2 aromatic carbocycles. The fourth-order valence-electron chi connectivity index (χ4n) is 2.92. The van der Waals surface area contributed by atoms with Crippen molar-refractivity contribution in [3.05, 3.63) is 59.8 Å². The Kier molecular flexibility index (Phi) is 2.87. The third-order valence-electron chi connectivity index (χ3n) is 4.04. The van der Waals surface area contributed by atoms with Gasteiger partial charge in [0.15, 0.2) is 0 Å². The third kappa shape index (κ3) is 2.23. The first-order valence-corrected chi connectivity index (χ1v) is 7.17. The van der Waals surface area contributed by atoms with E-state index in [1.165, 1.54) is 12.3 Å². The fraction of sp³-hybridized carbons (Fsp3) is 0.0556. The van der Waals surface area contributed by atoms with Crippen LogP contribution in [0.15, 0.2) is 48.7 Å². The predicted octanol–water partition coefficient (Wildman–Crippen LogP) is 3.09. The molecule has 0 fully saturated rings. The number of pyridine rings is 1. The normalized spacial score (nSPS) is 13.0. The molecule has 5 heteroatoms. The van der Waals surface area contributed by atoms with E-state index in [-0.39, 0.29) is 11.5 Å². The molecule has 0 aliphatic carbocycles. The number of aromatic carboxylic acids is 1. The first-order valence-electron chi connectivity index (χ1n) is 7.17. The van der Waals surface area contributed by atoms with Gasteiger partial charge in [0.1, 0.15) is 0 Å². The Balaban J connectivity index is 1.87. The SMILES string of the molecule is O=C1Cc2cc(-c3ccc4nccc(C(=O)O)c4c3)ccc2N1. The Hall–Kier alpha value is -3.21. The van der Waals surface area contributed by atoms with Crippen LogP contribution in [-0.2, 0) is 11.2 Å². The summed E-state index contributed by atoms with van der Waals surface area (Å²) in [6.45, 7) is 0. The highest BCUT2D eigenvalue weighted by Crippen LogP contribution is 2.31. The first kappa shape index (κ1) is 13.5. The van der Waals surface area contributed by atoms with Crippen LogP contribution in [0.5, 0.6) is 0 Å². The molecule has 3 aromatic rings. The summed E-state index contributed by atoms with van der Waals surface area (Å²) in [6.07, 6.45) is 1.87. The zero-order chi connectivity index (χ0) is 16.0. The molecule has 1 aromatic heterocycles. The zero-order valence-corrected chi connectivity index (χ0v) is 12.0. The number of aromatic nitrogens is 1. The van der Waals surface area contributed by atoms with Crippen LogP contribution in [0.1, 0.15) is 15.9 Å². The smallest absolute Gasteiger partial charge is 0.336 e. The Morgan fingerprint density at radius 3 is 2.70 bits per heavy atom. The number of hydrogen-bond acceptors (Lipinski definition) is 3. The average molecular weight is 304 g/mol. The zero-order valence-electron chi connectivity index (χ0n) is 12.0. The highest BCUT2D eigenvalue weighted by Gasteiger charge is 2.18. The molecule has 0 saturated carbocycles. The topological polar surface area (TPSA) is 79.3 Å². The molecule has 0 atom stereocenters. The highest BCUT2D eigenvalue weighted by atomic mass is 16.4. The molecule has 1 amide bonds. The van der Waals surface area contributed by atoms with Crippen LogP contribution in [0.25, 0.3) is 22.0 Å². The highest BCUT2D eigenvalue weighted by molar-refractivity contribution is 6.04. The Bertz CT molecular complexity index is 979. The number of carbonyl (C=O) groups excluding carboxylic acids is 1. The van der Waals surface area contributed by atoms with Gasteiger partial charge in [-0.1, -0.05) is 12.1 Å². The van der Waals surface area contributed by atoms with E-state index in [1.807, 2.05) is 36.4 Å². The lowest BCUT2D eigenvalue weighted by molar-refractivity contribution is -0.115. The number of hydrogen-bond donors (Lipinski definition) is 2. The van der Waals surface area contributed by atoms with E-state index in [0.717, 1.165) is 22.4 Å². The van der Waals surface area contributed by atoms with Crippen LogP contribution in [0.4, 0.5) is 5.69 Å². The number of nitrogens with one attached hydrogen (secondary N) is 1. The molecule has 0 unspecified atom stereocenters. The van der Waals surface area contributed by atoms with Crippen molar-refractivity contribution < 1.29 is 14.7 Å². The Morgan fingerprint density at radius 1 is 1.09 bits per heavy atom. The summed E-state index contributed by atoms with van der Waals surface area (Å²) < 4.78 is 0. The lowest BCUT2D eigenvalue weighted by atomic mass is 9.98. The monoisotopic (exact) mass is 304 g/mol. The number of carbonyl (C=O) groups is 2. The second-order valence-electron chi connectivity index (χ2n) is 5.49. The molecule has 1 aliphatic heterocycles. The van der Waals surface area contributed by atoms with Crippen LogP contribution in [0, 0.1) is 0 Å². The second kappa shape index (κ2) is 4.91. The Morgan fingerprint density at radius 2 is 1.87 bits per heavy atom. The summed E-state index contributed by atoms with van der Waals surface area (Å²) in [5.74, 6) is -0.980. The summed E-state index contributed by atoms with van der Waals surface area (Å²) in [5, 5.41) is 12.7. The molecule has 2 heterocycles. The van der Waals surface area contributed by atoms with Crippen molar-refractivity contribution in [1.82, 2.24) is 4.98 Å². The maximum atomic E-state index is 11.5. The van der Waals surface area contributed by atoms with Crippen molar-refractivity contribution in [2.75, 3.05) is 5.32 Å². The lowest BCUT2D eigenvalue weighted by Crippen LogP contribution is -2.03. The molecule has 0 spiro atoms. The molecular weight excluding hydrogens is 292 g/mol. The van der Waals surface area contributed by atoms with Crippen molar-refractivity contribution >= 4 is 28.5 Å². The molecular formula is C18H12N2O3. The fourth-order valence-corrected chi connectivity index (χ4v) is 2.92. The third-order valence-corrected chi connectivity index (χ3v) is 4.04. The van der Waals surface area contributed by atoms with E-state index in [2.05, 4.69) is 10.3 Å². The van der Waals surface area contributed by atoms with Gasteiger partial charge in [-0.25, -0.2) is 4.79 Å². The van der Waals surface area contributed by atoms with E-state index < -0.39 is 5.97 Å². The van der Waals surface area contributed by atoms with E-state index in [4.69, 9.17) is 0 Å². The maximum absolute atomic E-state index is 11.5. The number of carboxylic acid groups (broad SMARTS) is 1. The number of nitrogens with zero attached hydrogens (tertiary/aromatic N) is 1. The predicted molar refractivity (Wildman–Crippen MR) is 86.5 cm³/mol. The second-order valence-corrected chi connectivity index (χ2v) is 5.49. The van der Waals surface area contributed by atoms with Gasteiger partial charge in [-0.3, -0.25) is 9.78 Å². The molecule has 0 bridgehead atoms. The van der Waals surface area contributed by atoms with Gasteiger partial charge in [0.25, 0.3) is 0 Å². The summed E-state index contributed by atoms with van der Waals surface area (Å²) in [7, 11) is 0. The average Bonchev–Trinajstić information content (AvgIpc) is 2.92. The molecule has 0 saturated heterocycles.